The fourth-order valence-corrected chi connectivity index (χ4v) is 3.20. The maximum absolute atomic E-state index is 12.4. The van der Waals surface area contributed by atoms with Crippen LogP contribution >= 0.6 is 0 Å². The Bertz CT molecular complexity index is 1200. The van der Waals surface area contributed by atoms with Crippen LogP contribution in [0.25, 0.3) is 10.8 Å². The second kappa shape index (κ2) is 7.69. The maximum atomic E-state index is 12.4. The molecule has 146 valence electrons. The predicted octanol–water partition coefficient (Wildman–Crippen LogP) is 1.42. The molecular weight excluding hydrogens is 384 g/mol. The number of methoxy groups -OCH3 is 1. The number of aromatic nitrogens is 2. The molecule has 1 heterocycles. The van der Waals surface area contributed by atoms with Gasteiger partial charge in [-0.05, 0) is 24.3 Å². The molecule has 0 radical (unpaired) electrons. The number of hydrogen-bond acceptors (Lipinski definition) is 6. The van der Waals surface area contributed by atoms with Gasteiger partial charge in [0.05, 0.1) is 30.6 Å². The number of fused-ring (bicyclic) bond motifs is 1. The van der Waals surface area contributed by atoms with Crippen LogP contribution in [0.4, 0.5) is 11.4 Å². The topological polar surface area (TPSA) is 119 Å². The van der Waals surface area contributed by atoms with Gasteiger partial charge in [0, 0.05) is 11.1 Å². The second-order valence-corrected chi connectivity index (χ2v) is 7.78. The van der Waals surface area contributed by atoms with Gasteiger partial charge in [0.2, 0.25) is 15.9 Å². The van der Waals surface area contributed by atoms with Crippen molar-refractivity contribution in [2.45, 2.75) is 6.54 Å². The lowest BCUT2D eigenvalue weighted by Gasteiger charge is -2.12. The van der Waals surface area contributed by atoms with Crippen LogP contribution in [-0.2, 0) is 21.4 Å². The fraction of sp³-hybridized carbons (Fsp3) is 0.167. The number of benzene rings is 2. The Morgan fingerprint density at radius 3 is 2.68 bits per heavy atom. The zero-order valence-corrected chi connectivity index (χ0v) is 16.0. The Morgan fingerprint density at radius 2 is 1.96 bits per heavy atom. The van der Waals surface area contributed by atoms with E-state index in [2.05, 4.69) is 15.1 Å². The Labute approximate surface area is 161 Å². The standard InChI is InChI=1S/C18H18N4O5S/c1-27-16-8-7-13(9-15(16)21-28(2,25)26)20-17(23)11-22-18(24)14-6-4-3-5-12(14)10-19-22/h3-10,21H,11H2,1-2H3,(H,20,23). The van der Waals surface area contributed by atoms with Crippen LogP contribution in [0, 0.1) is 0 Å². The van der Waals surface area contributed by atoms with E-state index in [0.717, 1.165) is 10.9 Å². The third-order valence-electron chi connectivity index (χ3n) is 3.83. The average molecular weight is 402 g/mol. The van der Waals surface area contributed by atoms with Crippen LogP contribution in [0.3, 0.4) is 0 Å². The zero-order valence-electron chi connectivity index (χ0n) is 15.2. The molecule has 0 saturated heterocycles. The minimum absolute atomic E-state index is 0.184. The highest BCUT2D eigenvalue weighted by atomic mass is 32.2. The van der Waals surface area contributed by atoms with E-state index in [1.54, 1.807) is 30.3 Å². The summed E-state index contributed by atoms with van der Waals surface area (Å²) in [5.41, 5.74) is 0.150. The number of carbonyl (C=O) groups is 1. The molecule has 3 rings (SSSR count). The predicted molar refractivity (Wildman–Crippen MR) is 106 cm³/mol. The number of nitrogens with zero attached hydrogens (tertiary/aromatic N) is 2. The number of ether oxygens (including phenoxy) is 1. The highest BCUT2D eigenvalue weighted by Gasteiger charge is 2.12. The van der Waals surface area contributed by atoms with Crippen LogP contribution < -0.4 is 20.3 Å². The summed E-state index contributed by atoms with van der Waals surface area (Å²) >= 11 is 0. The first-order chi connectivity index (χ1) is 13.3. The number of hydrogen-bond donors (Lipinski definition) is 2. The third kappa shape index (κ3) is 4.46. The molecule has 2 N–H and O–H groups in total. The third-order valence-corrected chi connectivity index (χ3v) is 4.42. The summed E-state index contributed by atoms with van der Waals surface area (Å²) in [7, 11) is -2.13. The molecule has 1 aromatic heterocycles. The molecule has 0 unspecified atom stereocenters. The summed E-state index contributed by atoms with van der Waals surface area (Å²) in [6.45, 7) is -0.287. The van der Waals surface area contributed by atoms with Crippen molar-refractivity contribution in [2.75, 3.05) is 23.4 Å². The van der Waals surface area contributed by atoms with E-state index in [0.29, 0.717) is 22.2 Å². The Balaban J connectivity index is 1.81. The normalized spacial score (nSPS) is 11.2. The van der Waals surface area contributed by atoms with Gasteiger partial charge in [0.15, 0.2) is 0 Å². The summed E-state index contributed by atoms with van der Waals surface area (Å²) in [5.74, 6) is -0.184. The van der Waals surface area contributed by atoms with Gasteiger partial charge in [-0.2, -0.15) is 5.10 Å². The van der Waals surface area contributed by atoms with E-state index >= 15 is 0 Å². The Morgan fingerprint density at radius 1 is 1.21 bits per heavy atom. The minimum atomic E-state index is -3.53. The van der Waals surface area contributed by atoms with Gasteiger partial charge in [0.1, 0.15) is 12.3 Å². The molecule has 2 aromatic carbocycles. The molecule has 0 atom stereocenters. The smallest absolute Gasteiger partial charge is 0.275 e. The first-order valence-electron chi connectivity index (χ1n) is 8.17. The largest absolute Gasteiger partial charge is 0.495 e. The molecule has 28 heavy (non-hydrogen) atoms. The molecule has 0 bridgehead atoms. The van der Waals surface area contributed by atoms with Gasteiger partial charge < -0.3 is 10.1 Å². The fourth-order valence-electron chi connectivity index (χ4n) is 2.64. The summed E-state index contributed by atoms with van der Waals surface area (Å²) in [5, 5.41) is 7.78. The van der Waals surface area contributed by atoms with Crippen molar-refractivity contribution in [1.82, 2.24) is 9.78 Å². The van der Waals surface area contributed by atoms with Crippen molar-refractivity contribution in [1.29, 1.82) is 0 Å². The summed E-state index contributed by atoms with van der Waals surface area (Å²) in [6, 6.07) is 11.5. The van der Waals surface area contributed by atoms with Crippen LogP contribution in [-0.4, -0.2) is 37.5 Å². The lowest BCUT2D eigenvalue weighted by Crippen LogP contribution is -2.29. The molecule has 9 nitrogen and oxygen atoms in total. The van der Waals surface area contributed by atoms with Crippen molar-refractivity contribution >= 4 is 38.1 Å². The molecule has 0 aliphatic rings. The van der Waals surface area contributed by atoms with E-state index in [1.165, 1.54) is 25.4 Å². The molecule has 3 aromatic rings. The van der Waals surface area contributed by atoms with Crippen molar-refractivity contribution in [3.05, 3.63) is 59.0 Å². The maximum Gasteiger partial charge on any atom is 0.275 e. The Kier molecular flexibility index (Phi) is 5.32. The van der Waals surface area contributed by atoms with Crippen LogP contribution in [0.15, 0.2) is 53.5 Å². The average Bonchev–Trinajstić information content (AvgIpc) is 2.63. The quantitative estimate of drug-likeness (QED) is 0.643. The molecule has 1 amide bonds. The molecule has 10 heteroatoms. The van der Waals surface area contributed by atoms with Gasteiger partial charge in [-0.3, -0.25) is 14.3 Å². The molecule has 0 fully saturated rings. The number of carbonyl (C=O) groups excluding carboxylic acids is 1. The monoisotopic (exact) mass is 402 g/mol. The van der Waals surface area contributed by atoms with Gasteiger partial charge in [0.25, 0.3) is 5.56 Å². The molecular formula is C18H18N4O5S. The van der Waals surface area contributed by atoms with E-state index in [9.17, 15) is 18.0 Å². The number of anilines is 2. The number of rotatable bonds is 6. The van der Waals surface area contributed by atoms with E-state index in [-0.39, 0.29) is 17.8 Å². The minimum Gasteiger partial charge on any atom is -0.495 e. The summed E-state index contributed by atoms with van der Waals surface area (Å²) in [6.07, 6.45) is 2.53. The van der Waals surface area contributed by atoms with Gasteiger partial charge in [-0.25, -0.2) is 13.1 Å². The lowest BCUT2D eigenvalue weighted by atomic mass is 10.2. The molecule has 0 saturated carbocycles. The highest BCUT2D eigenvalue weighted by Crippen LogP contribution is 2.28. The summed E-state index contributed by atoms with van der Waals surface area (Å²) < 4.78 is 31.5. The second-order valence-electron chi connectivity index (χ2n) is 6.03. The number of amides is 1. The van der Waals surface area contributed by atoms with E-state index < -0.39 is 15.9 Å². The summed E-state index contributed by atoms with van der Waals surface area (Å²) in [4.78, 5) is 24.8. The van der Waals surface area contributed by atoms with Crippen molar-refractivity contribution in [3.63, 3.8) is 0 Å². The molecule has 0 spiro atoms. The van der Waals surface area contributed by atoms with E-state index in [4.69, 9.17) is 4.74 Å². The molecule has 0 aliphatic heterocycles. The van der Waals surface area contributed by atoms with Gasteiger partial charge in [-0.1, -0.05) is 18.2 Å². The van der Waals surface area contributed by atoms with Gasteiger partial charge >= 0.3 is 0 Å². The van der Waals surface area contributed by atoms with Crippen molar-refractivity contribution in [3.8, 4) is 5.75 Å². The Hall–Kier alpha value is -3.40. The van der Waals surface area contributed by atoms with Crippen molar-refractivity contribution in [2.24, 2.45) is 0 Å². The zero-order chi connectivity index (χ0) is 20.3. The van der Waals surface area contributed by atoms with E-state index in [1.807, 2.05) is 0 Å². The van der Waals surface area contributed by atoms with Gasteiger partial charge in [-0.15, -0.1) is 0 Å². The SMILES string of the molecule is COc1ccc(NC(=O)Cn2ncc3ccccc3c2=O)cc1NS(C)(=O)=O. The van der Waals surface area contributed by atoms with Crippen LogP contribution in [0.1, 0.15) is 0 Å². The molecule has 0 aliphatic carbocycles. The van der Waals surface area contributed by atoms with Crippen LogP contribution in [0.2, 0.25) is 0 Å². The number of sulfonamides is 1. The first-order valence-corrected chi connectivity index (χ1v) is 10.1. The number of nitrogens with one attached hydrogen (secondary N) is 2. The first kappa shape index (κ1) is 19.4. The highest BCUT2D eigenvalue weighted by molar-refractivity contribution is 7.92. The van der Waals surface area contributed by atoms with Crippen molar-refractivity contribution < 1.29 is 17.9 Å². The van der Waals surface area contributed by atoms with Crippen LogP contribution in [0.5, 0.6) is 5.75 Å². The lowest BCUT2D eigenvalue weighted by molar-refractivity contribution is -0.117.